The van der Waals surface area contributed by atoms with Gasteiger partial charge in [-0.15, -0.1) is 0 Å². The van der Waals surface area contributed by atoms with Crippen LogP contribution in [0.2, 0.25) is 5.02 Å². The lowest BCUT2D eigenvalue weighted by molar-refractivity contribution is -0.384. The van der Waals surface area contributed by atoms with Gasteiger partial charge in [-0.05, 0) is 109 Å². The molecule has 3 aliphatic heterocycles. The normalized spacial score (nSPS) is 19.3. The number of aliphatic hydroxyl groups excluding tert-OH is 1. The van der Waals surface area contributed by atoms with Crippen molar-refractivity contribution >= 4 is 72.6 Å². The number of piperazine rings is 1. The molecule has 0 saturated carbocycles. The zero-order valence-electron chi connectivity index (χ0n) is 37.8. The van der Waals surface area contributed by atoms with E-state index in [1.54, 1.807) is 12.3 Å². The number of benzene rings is 3. The fourth-order valence-electron chi connectivity index (χ4n) is 9.70. The molecular weight excluding hydrogens is 896 g/mol. The zero-order valence-corrected chi connectivity index (χ0v) is 39.4. The lowest BCUT2D eigenvalue weighted by atomic mass is 9.72. The molecule has 16 nitrogen and oxygen atoms in total. The van der Waals surface area contributed by atoms with Crippen molar-refractivity contribution in [2.75, 3.05) is 80.8 Å². The maximum absolute atomic E-state index is 14.5. The molecular formula is C49H57ClN8O8S. The average Bonchev–Trinajstić information content (AvgIpc) is 3.78. The summed E-state index contributed by atoms with van der Waals surface area (Å²) in [7, 11) is -4.61. The summed E-state index contributed by atoms with van der Waals surface area (Å²) >= 11 is 6.27. The van der Waals surface area contributed by atoms with Crippen molar-refractivity contribution in [2.24, 2.45) is 11.3 Å². The maximum atomic E-state index is 14.5. The summed E-state index contributed by atoms with van der Waals surface area (Å²) < 4.78 is 41.9. The standard InChI is InChI=1S/C49H57ClN8O8S/c1-49(2)16-11-35(41(28-49)33-3-5-36(50)6-4-33)30-55-18-20-56(21-19-55)37-7-9-40(43(26-37)57-31-38(13-22-59)66-48-45(57)25-34-12-17-51-46(34)53-48)47(60)54-67(63,64)39-8-10-42(44(27-39)58(61)62)52-29-32-14-23-65-24-15-32/h3-10,12,17,25-27,32,38,52,59H,11,13-16,18-24,28-31H2,1-2H3,(H,51,53)(H,54,60). The largest absolute Gasteiger partial charge is 0.471 e. The molecule has 1 amide bonds. The van der Waals surface area contributed by atoms with E-state index in [0.29, 0.717) is 55.7 Å². The summed E-state index contributed by atoms with van der Waals surface area (Å²) in [5.41, 5.74) is 6.55. The summed E-state index contributed by atoms with van der Waals surface area (Å²) in [5.74, 6) is -0.358. The predicted octanol–water partition coefficient (Wildman–Crippen LogP) is 8.15. The van der Waals surface area contributed by atoms with Crippen molar-refractivity contribution in [2.45, 2.75) is 63.4 Å². The summed E-state index contributed by atoms with van der Waals surface area (Å²) in [4.78, 5) is 40.2. The number of sulfonamides is 1. The molecule has 1 unspecified atom stereocenters. The number of nitrogens with one attached hydrogen (secondary N) is 3. The molecule has 9 rings (SSSR count). The average molecular weight is 954 g/mol. The molecule has 0 bridgehead atoms. The Morgan fingerprint density at radius 3 is 2.54 bits per heavy atom. The molecule has 1 aliphatic carbocycles. The Balaban J connectivity index is 1.00. The van der Waals surface area contributed by atoms with Gasteiger partial charge in [-0.25, -0.2) is 13.1 Å². The van der Waals surface area contributed by atoms with Crippen LogP contribution in [0.25, 0.3) is 16.6 Å². The molecule has 2 fully saturated rings. The fraction of sp³-hybridized carbons (Fsp3) is 0.429. The predicted molar refractivity (Wildman–Crippen MR) is 260 cm³/mol. The highest BCUT2D eigenvalue weighted by Crippen LogP contribution is 2.45. The van der Waals surface area contributed by atoms with Gasteiger partial charge in [-0.3, -0.25) is 19.8 Å². The van der Waals surface area contributed by atoms with Gasteiger partial charge in [0.15, 0.2) is 0 Å². The highest BCUT2D eigenvalue weighted by Gasteiger charge is 2.34. The molecule has 1 atom stereocenters. The molecule has 2 saturated heterocycles. The Hall–Kier alpha value is -5.72. The summed E-state index contributed by atoms with van der Waals surface area (Å²) in [5, 5.41) is 26.9. The number of aromatic nitrogens is 2. The fourth-order valence-corrected chi connectivity index (χ4v) is 10.8. The monoisotopic (exact) mass is 952 g/mol. The topological polar surface area (TPSA) is 195 Å². The third-order valence-corrected chi connectivity index (χ3v) is 15.1. The Labute approximate surface area is 395 Å². The number of hydrogen-bond donors (Lipinski definition) is 4. The molecule has 67 heavy (non-hydrogen) atoms. The van der Waals surface area contributed by atoms with Crippen molar-refractivity contribution in [3.8, 4) is 5.88 Å². The lowest BCUT2D eigenvalue weighted by Crippen LogP contribution is -2.47. The number of aromatic amines is 1. The number of rotatable bonds is 14. The number of nitrogens with zero attached hydrogens (tertiary/aromatic N) is 5. The minimum atomic E-state index is -4.61. The van der Waals surface area contributed by atoms with Crippen LogP contribution in [-0.4, -0.2) is 111 Å². The number of fused-ring (bicyclic) bond motifs is 2. The molecule has 4 aliphatic rings. The molecule has 5 heterocycles. The first-order valence-corrected chi connectivity index (χ1v) is 24.9. The molecule has 5 aromatic rings. The van der Waals surface area contributed by atoms with Gasteiger partial charge in [0.2, 0.25) is 5.88 Å². The third-order valence-electron chi connectivity index (χ3n) is 13.6. The second-order valence-corrected chi connectivity index (χ2v) is 20.9. The maximum Gasteiger partial charge on any atom is 0.293 e. The van der Waals surface area contributed by atoms with Gasteiger partial charge in [0, 0.05) is 93.9 Å². The van der Waals surface area contributed by atoms with E-state index in [-0.39, 0.29) is 42.2 Å². The van der Waals surface area contributed by atoms with Crippen LogP contribution in [0.5, 0.6) is 5.88 Å². The Morgan fingerprint density at radius 2 is 1.79 bits per heavy atom. The van der Waals surface area contributed by atoms with Crippen molar-refractivity contribution in [1.29, 1.82) is 0 Å². The van der Waals surface area contributed by atoms with Gasteiger partial charge in [0.25, 0.3) is 21.6 Å². The smallest absolute Gasteiger partial charge is 0.293 e. The van der Waals surface area contributed by atoms with Gasteiger partial charge < -0.3 is 34.7 Å². The molecule has 2 aromatic heterocycles. The summed E-state index contributed by atoms with van der Waals surface area (Å²) in [6.07, 6.45) is 6.33. The quantitative estimate of drug-likeness (QED) is 0.0616. The van der Waals surface area contributed by atoms with Crippen molar-refractivity contribution < 1.29 is 32.7 Å². The number of pyridine rings is 1. The van der Waals surface area contributed by atoms with E-state index in [2.05, 4.69) is 50.8 Å². The number of aliphatic hydroxyl groups is 1. The van der Waals surface area contributed by atoms with Crippen LogP contribution in [0.15, 0.2) is 89.5 Å². The van der Waals surface area contributed by atoms with Crippen LogP contribution in [0.1, 0.15) is 68.3 Å². The van der Waals surface area contributed by atoms with Crippen molar-refractivity contribution in [3.05, 3.63) is 111 Å². The number of carbonyl (C=O) groups is 1. The van der Waals surface area contributed by atoms with E-state index in [1.807, 2.05) is 41.3 Å². The Morgan fingerprint density at radius 1 is 1.01 bits per heavy atom. The van der Waals surface area contributed by atoms with Gasteiger partial charge >= 0.3 is 0 Å². The number of H-pyrrole nitrogens is 1. The highest BCUT2D eigenvalue weighted by atomic mass is 35.5. The number of anilines is 4. The van der Waals surface area contributed by atoms with Crippen molar-refractivity contribution in [3.63, 3.8) is 0 Å². The lowest BCUT2D eigenvalue weighted by Gasteiger charge is -2.40. The number of amides is 1. The second-order valence-electron chi connectivity index (χ2n) is 18.8. The van der Waals surface area contributed by atoms with Gasteiger partial charge in [-0.1, -0.05) is 43.2 Å². The van der Waals surface area contributed by atoms with E-state index in [9.17, 15) is 28.4 Å². The van der Waals surface area contributed by atoms with Crippen LogP contribution in [0, 0.1) is 21.4 Å². The molecule has 0 spiro atoms. The molecule has 4 N–H and O–H groups in total. The third kappa shape index (κ3) is 10.4. The molecule has 3 aromatic carbocycles. The number of nitro benzene ring substituents is 1. The van der Waals surface area contributed by atoms with Crippen LogP contribution in [0.4, 0.5) is 28.4 Å². The minimum Gasteiger partial charge on any atom is -0.471 e. The first kappa shape index (κ1) is 46.4. The number of allylic oxidation sites excluding steroid dienone is 1. The first-order chi connectivity index (χ1) is 32.2. The van der Waals surface area contributed by atoms with Crippen LogP contribution in [-0.2, 0) is 14.8 Å². The number of halogens is 1. The Bertz CT molecular complexity index is 2780. The number of nitro groups is 1. The van der Waals surface area contributed by atoms with Crippen LogP contribution < -0.4 is 24.6 Å². The zero-order chi connectivity index (χ0) is 46.9. The van der Waals surface area contributed by atoms with E-state index in [0.717, 1.165) is 73.9 Å². The van der Waals surface area contributed by atoms with Gasteiger partial charge in [0.1, 0.15) is 23.1 Å². The number of hydrogen-bond acceptors (Lipinski definition) is 13. The van der Waals surface area contributed by atoms with E-state index in [1.165, 1.54) is 28.8 Å². The SMILES string of the molecule is CC1(C)CCC(CN2CCN(c3ccc(C(=O)NS(=O)(=O)c4ccc(NCC5CCOCC5)c([N+](=O)[O-])c4)c(N4CC(CCO)Oc5nc6[nH]ccc6cc54)c3)CC2)=C(c2ccc(Cl)cc2)C1. The van der Waals surface area contributed by atoms with Gasteiger partial charge in [-0.2, -0.15) is 4.98 Å². The van der Waals surface area contributed by atoms with E-state index >= 15 is 0 Å². The highest BCUT2D eigenvalue weighted by molar-refractivity contribution is 7.90. The molecule has 0 radical (unpaired) electrons. The summed E-state index contributed by atoms with van der Waals surface area (Å²) in [6, 6.07) is 20.9. The molecule has 18 heteroatoms. The van der Waals surface area contributed by atoms with Gasteiger partial charge in [0.05, 0.1) is 27.6 Å². The van der Waals surface area contributed by atoms with Crippen LogP contribution in [0.3, 0.4) is 0 Å². The molecule has 354 valence electrons. The van der Waals surface area contributed by atoms with E-state index < -0.39 is 37.5 Å². The first-order valence-electron chi connectivity index (χ1n) is 23.0. The minimum absolute atomic E-state index is 0.0573. The summed E-state index contributed by atoms with van der Waals surface area (Å²) in [6.45, 7) is 10.4. The van der Waals surface area contributed by atoms with Crippen molar-refractivity contribution in [1.82, 2.24) is 19.6 Å². The second kappa shape index (κ2) is 19.5. The number of ether oxygens (including phenoxy) is 2. The van der Waals surface area contributed by atoms with E-state index in [4.69, 9.17) is 26.1 Å². The number of carbonyl (C=O) groups excluding carboxylic acids is 1. The van der Waals surface area contributed by atoms with Crippen LogP contribution >= 0.6 is 11.6 Å². The Kier molecular flexibility index (Phi) is 13.5.